The molecule has 1 unspecified atom stereocenters. The van der Waals surface area contributed by atoms with Gasteiger partial charge in [0.05, 0.1) is 5.69 Å². The molecular weight excluding hydrogens is 406 g/mol. The third kappa shape index (κ3) is 5.70. The minimum absolute atomic E-state index is 0.0820. The number of nitrogens with zero attached hydrogens (tertiary/aromatic N) is 2. The van der Waals surface area contributed by atoms with Crippen molar-refractivity contribution in [2.45, 2.75) is 52.1 Å². The molecule has 3 aromatic rings. The molecule has 0 aliphatic carbocycles. The van der Waals surface area contributed by atoms with E-state index in [4.69, 9.17) is 4.99 Å². The van der Waals surface area contributed by atoms with E-state index >= 15 is 0 Å². The fourth-order valence-electron chi connectivity index (χ4n) is 4.26. The number of unbranched alkanes of at least 4 members (excludes halogenated alkanes) is 1. The smallest absolute Gasteiger partial charge is 0.242 e. The van der Waals surface area contributed by atoms with Gasteiger partial charge in [-0.25, -0.2) is 4.99 Å². The minimum Gasteiger partial charge on any atom is -0.354 e. The number of aryl methyl sites for hydroxylation is 2. The molecule has 4 nitrogen and oxygen atoms in total. The number of fused-ring (bicyclic) bond motifs is 1. The van der Waals surface area contributed by atoms with Crippen molar-refractivity contribution in [3.05, 3.63) is 101 Å². The van der Waals surface area contributed by atoms with Crippen molar-refractivity contribution in [1.29, 1.82) is 0 Å². The van der Waals surface area contributed by atoms with Crippen LogP contribution in [0.4, 0.5) is 5.69 Å². The molecule has 4 rings (SSSR count). The van der Waals surface area contributed by atoms with Gasteiger partial charge in [0.1, 0.15) is 11.9 Å². The van der Waals surface area contributed by atoms with Crippen LogP contribution >= 0.6 is 0 Å². The number of rotatable bonds is 9. The summed E-state index contributed by atoms with van der Waals surface area (Å²) in [6, 6.07) is 26.8. The van der Waals surface area contributed by atoms with Crippen LogP contribution in [0.1, 0.15) is 48.4 Å². The van der Waals surface area contributed by atoms with Crippen molar-refractivity contribution in [2.75, 3.05) is 6.54 Å². The first-order chi connectivity index (χ1) is 16.2. The molecule has 0 bridgehead atoms. The van der Waals surface area contributed by atoms with Crippen molar-refractivity contribution in [1.82, 2.24) is 10.2 Å². The number of amidine groups is 1. The third-order valence-corrected chi connectivity index (χ3v) is 6.20. The van der Waals surface area contributed by atoms with E-state index in [9.17, 15) is 4.79 Å². The number of hydrogen-bond acceptors (Lipinski definition) is 3. The number of amides is 1. The van der Waals surface area contributed by atoms with Crippen molar-refractivity contribution in [3.63, 3.8) is 0 Å². The Morgan fingerprint density at radius 2 is 1.73 bits per heavy atom. The molecule has 0 radical (unpaired) electrons. The Hall–Kier alpha value is -3.40. The molecule has 0 aromatic heterocycles. The van der Waals surface area contributed by atoms with Gasteiger partial charge in [-0.2, -0.15) is 0 Å². The quantitative estimate of drug-likeness (QED) is 0.428. The first-order valence-corrected chi connectivity index (χ1v) is 12.0. The Morgan fingerprint density at radius 1 is 1.00 bits per heavy atom. The predicted octanol–water partition coefficient (Wildman–Crippen LogP) is 5.81. The zero-order valence-electron chi connectivity index (χ0n) is 19.6. The fourth-order valence-corrected chi connectivity index (χ4v) is 4.26. The van der Waals surface area contributed by atoms with Gasteiger partial charge in [0.2, 0.25) is 5.91 Å². The van der Waals surface area contributed by atoms with E-state index in [1.807, 2.05) is 18.2 Å². The van der Waals surface area contributed by atoms with Crippen LogP contribution in [-0.2, 0) is 17.8 Å². The summed E-state index contributed by atoms with van der Waals surface area (Å²) in [6.45, 7) is 5.61. The van der Waals surface area contributed by atoms with Crippen molar-refractivity contribution in [2.24, 2.45) is 4.99 Å². The monoisotopic (exact) mass is 439 g/mol. The largest absolute Gasteiger partial charge is 0.354 e. The predicted molar refractivity (Wildman–Crippen MR) is 136 cm³/mol. The summed E-state index contributed by atoms with van der Waals surface area (Å²) in [6.07, 6.45) is 3.61. The third-order valence-electron chi connectivity index (χ3n) is 6.20. The normalized spacial score (nSPS) is 13.8. The molecule has 170 valence electrons. The minimum atomic E-state index is -0.296. The maximum atomic E-state index is 13.5. The molecule has 33 heavy (non-hydrogen) atoms. The van der Waals surface area contributed by atoms with Gasteiger partial charge < -0.3 is 10.2 Å². The molecule has 0 saturated heterocycles. The molecule has 1 atom stereocenters. The Balaban J connectivity index is 1.68. The first kappa shape index (κ1) is 22.8. The van der Waals surface area contributed by atoms with Gasteiger partial charge in [0.25, 0.3) is 0 Å². The number of carbonyl (C=O) groups excluding carboxylic acids is 1. The Bertz CT molecular complexity index is 1090. The van der Waals surface area contributed by atoms with Crippen molar-refractivity contribution in [3.8, 4) is 0 Å². The van der Waals surface area contributed by atoms with Crippen LogP contribution in [0.15, 0.2) is 83.9 Å². The standard InChI is InChI=1S/C29H33N3O/c1-3-4-20-30-29(33)27(19-16-23-10-6-5-7-11-23)32-21-25-12-8-9-13-26(25)31-28(32)24-17-14-22(2)15-18-24/h5-15,17-18,27H,3-4,16,19-21H2,1-2H3,(H,30,33). The van der Waals surface area contributed by atoms with Crippen LogP contribution < -0.4 is 5.32 Å². The number of aliphatic imine (C=N–C) groups is 1. The zero-order valence-corrected chi connectivity index (χ0v) is 19.6. The Morgan fingerprint density at radius 3 is 2.48 bits per heavy atom. The van der Waals surface area contributed by atoms with Crippen LogP contribution in [0.3, 0.4) is 0 Å². The second-order valence-electron chi connectivity index (χ2n) is 8.74. The van der Waals surface area contributed by atoms with E-state index in [1.54, 1.807) is 0 Å². The van der Waals surface area contributed by atoms with Gasteiger partial charge in [-0.15, -0.1) is 0 Å². The molecule has 3 aromatic carbocycles. The maximum Gasteiger partial charge on any atom is 0.242 e. The summed E-state index contributed by atoms with van der Waals surface area (Å²) in [7, 11) is 0. The summed E-state index contributed by atoms with van der Waals surface area (Å²) >= 11 is 0. The van der Waals surface area contributed by atoms with E-state index in [0.29, 0.717) is 13.1 Å². The Labute approximate surface area is 197 Å². The second-order valence-corrected chi connectivity index (χ2v) is 8.74. The first-order valence-electron chi connectivity index (χ1n) is 12.0. The highest BCUT2D eigenvalue weighted by molar-refractivity contribution is 6.03. The average Bonchev–Trinajstić information content (AvgIpc) is 2.85. The highest BCUT2D eigenvalue weighted by Crippen LogP contribution is 2.30. The summed E-state index contributed by atoms with van der Waals surface area (Å²) < 4.78 is 0. The van der Waals surface area contributed by atoms with E-state index < -0.39 is 0 Å². The van der Waals surface area contributed by atoms with Gasteiger partial charge >= 0.3 is 0 Å². The molecule has 1 aliphatic heterocycles. The molecule has 4 heteroatoms. The average molecular weight is 440 g/mol. The lowest BCUT2D eigenvalue weighted by atomic mass is 9.99. The number of para-hydroxylation sites is 1. The van der Waals surface area contributed by atoms with Gasteiger partial charge in [0.15, 0.2) is 0 Å². The van der Waals surface area contributed by atoms with Gasteiger partial charge in [-0.3, -0.25) is 4.79 Å². The van der Waals surface area contributed by atoms with Gasteiger partial charge in [-0.05, 0) is 43.4 Å². The zero-order chi connectivity index (χ0) is 23.0. The van der Waals surface area contributed by atoms with Crippen LogP contribution in [0.2, 0.25) is 0 Å². The lowest BCUT2D eigenvalue weighted by Gasteiger charge is -2.37. The van der Waals surface area contributed by atoms with Crippen LogP contribution in [-0.4, -0.2) is 29.2 Å². The van der Waals surface area contributed by atoms with Crippen LogP contribution in [0.25, 0.3) is 0 Å². The number of carbonyl (C=O) groups is 1. The van der Waals surface area contributed by atoms with Crippen LogP contribution in [0.5, 0.6) is 0 Å². The topological polar surface area (TPSA) is 44.7 Å². The molecule has 0 spiro atoms. The molecule has 1 N–H and O–H groups in total. The summed E-state index contributed by atoms with van der Waals surface area (Å²) in [4.78, 5) is 20.7. The molecule has 1 amide bonds. The van der Waals surface area contributed by atoms with E-state index in [2.05, 4.69) is 84.7 Å². The Kier molecular flexibility index (Phi) is 7.56. The maximum absolute atomic E-state index is 13.5. The van der Waals surface area contributed by atoms with E-state index in [1.165, 1.54) is 11.1 Å². The fraction of sp³-hybridized carbons (Fsp3) is 0.310. The number of nitrogens with one attached hydrogen (secondary N) is 1. The number of benzene rings is 3. The summed E-state index contributed by atoms with van der Waals surface area (Å²) in [5.41, 5.74) is 5.63. The second kappa shape index (κ2) is 11.0. The highest BCUT2D eigenvalue weighted by atomic mass is 16.2. The van der Waals surface area contributed by atoms with Gasteiger partial charge in [-0.1, -0.05) is 91.7 Å². The van der Waals surface area contributed by atoms with Crippen LogP contribution in [0, 0.1) is 6.92 Å². The molecular formula is C29H33N3O. The highest BCUT2D eigenvalue weighted by Gasteiger charge is 2.32. The number of hydrogen-bond donors (Lipinski definition) is 1. The summed E-state index contributed by atoms with van der Waals surface area (Å²) in [5.74, 6) is 0.955. The molecule has 1 aliphatic rings. The van der Waals surface area contributed by atoms with Crippen molar-refractivity contribution < 1.29 is 4.79 Å². The molecule has 1 heterocycles. The lowest BCUT2D eigenvalue weighted by Crippen LogP contribution is -2.50. The molecule has 0 saturated carbocycles. The lowest BCUT2D eigenvalue weighted by molar-refractivity contribution is -0.125. The van der Waals surface area contributed by atoms with Crippen molar-refractivity contribution >= 4 is 17.4 Å². The van der Waals surface area contributed by atoms with E-state index in [-0.39, 0.29) is 11.9 Å². The van der Waals surface area contributed by atoms with Gasteiger partial charge in [0, 0.05) is 18.7 Å². The van der Waals surface area contributed by atoms with E-state index in [0.717, 1.165) is 48.3 Å². The molecule has 0 fully saturated rings. The SMILES string of the molecule is CCCCNC(=O)C(CCc1ccccc1)N1Cc2ccccc2N=C1c1ccc(C)cc1. The summed E-state index contributed by atoms with van der Waals surface area (Å²) in [5, 5.41) is 3.19.